The van der Waals surface area contributed by atoms with E-state index in [9.17, 15) is 0 Å². The van der Waals surface area contributed by atoms with Gasteiger partial charge in [0.25, 0.3) is 0 Å². The van der Waals surface area contributed by atoms with Crippen LogP contribution in [0, 0.1) is 0 Å². The lowest BCUT2D eigenvalue weighted by Crippen LogP contribution is -2.06. The second-order valence-corrected chi connectivity index (χ2v) is 5.28. The minimum absolute atomic E-state index is 0.749. The van der Waals surface area contributed by atoms with Crippen LogP contribution in [0.15, 0.2) is 60.9 Å². The van der Waals surface area contributed by atoms with Gasteiger partial charge in [0.1, 0.15) is 0 Å². The molecule has 0 unspecified atom stereocenters. The highest BCUT2D eigenvalue weighted by Gasteiger charge is 2.08. The van der Waals surface area contributed by atoms with Crippen molar-refractivity contribution in [3.63, 3.8) is 0 Å². The van der Waals surface area contributed by atoms with Crippen molar-refractivity contribution in [2.75, 3.05) is 7.05 Å². The maximum atomic E-state index is 6.09. The molecule has 3 rings (SSSR count). The zero-order valence-corrected chi connectivity index (χ0v) is 12.5. The number of para-hydroxylation sites is 1. The number of nitrogens with one attached hydrogen (secondary N) is 1. The van der Waals surface area contributed by atoms with Gasteiger partial charge in [0, 0.05) is 23.3 Å². The van der Waals surface area contributed by atoms with Gasteiger partial charge in [-0.3, -0.25) is 0 Å². The van der Waals surface area contributed by atoms with E-state index in [4.69, 9.17) is 11.6 Å². The van der Waals surface area contributed by atoms with E-state index in [1.165, 1.54) is 0 Å². The molecule has 0 saturated heterocycles. The molecule has 1 aromatic heterocycles. The normalized spacial score (nSPS) is 10.8. The van der Waals surface area contributed by atoms with E-state index < -0.39 is 0 Å². The van der Waals surface area contributed by atoms with Crippen LogP contribution in [-0.2, 0) is 6.54 Å². The quantitative estimate of drug-likeness (QED) is 0.791. The summed E-state index contributed by atoms with van der Waals surface area (Å²) in [6.07, 6.45) is 3.92. The summed E-state index contributed by atoms with van der Waals surface area (Å²) in [5, 5.41) is 8.37. The average molecular weight is 298 g/mol. The number of hydrogen-bond donors (Lipinski definition) is 1. The number of nitrogens with zero attached hydrogens (tertiary/aromatic N) is 2. The average Bonchev–Trinajstić information content (AvgIpc) is 2.98. The van der Waals surface area contributed by atoms with Crippen molar-refractivity contribution in [2.24, 2.45) is 0 Å². The molecule has 2 aromatic carbocycles. The Morgan fingerprint density at radius 1 is 1.14 bits per heavy atom. The maximum Gasteiger partial charge on any atom is 0.0645 e. The summed E-state index contributed by atoms with van der Waals surface area (Å²) >= 11 is 6.09. The molecule has 0 amide bonds. The Labute approximate surface area is 129 Å². The topological polar surface area (TPSA) is 29.9 Å². The summed E-state index contributed by atoms with van der Waals surface area (Å²) in [7, 11) is 1.93. The highest BCUT2D eigenvalue weighted by atomic mass is 35.5. The first-order valence-electron chi connectivity index (χ1n) is 6.81. The van der Waals surface area contributed by atoms with Crippen molar-refractivity contribution in [3.05, 3.63) is 71.5 Å². The third-order valence-electron chi connectivity index (χ3n) is 3.35. The Morgan fingerprint density at radius 2 is 1.95 bits per heavy atom. The van der Waals surface area contributed by atoms with Crippen LogP contribution in [0.3, 0.4) is 0 Å². The fourth-order valence-corrected chi connectivity index (χ4v) is 2.56. The smallest absolute Gasteiger partial charge is 0.0645 e. The van der Waals surface area contributed by atoms with Crippen LogP contribution in [0.25, 0.3) is 16.8 Å². The highest BCUT2D eigenvalue weighted by Crippen LogP contribution is 2.27. The molecule has 1 N–H and O–H groups in total. The number of halogens is 1. The molecule has 0 spiro atoms. The Kier molecular flexibility index (Phi) is 4.04. The van der Waals surface area contributed by atoms with E-state index in [0.717, 1.165) is 33.9 Å². The number of rotatable bonds is 4. The van der Waals surface area contributed by atoms with Crippen molar-refractivity contribution < 1.29 is 0 Å². The summed E-state index contributed by atoms with van der Waals surface area (Å²) in [6, 6.07) is 16.0. The van der Waals surface area contributed by atoms with E-state index in [2.05, 4.69) is 10.4 Å². The summed E-state index contributed by atoms with van der Waals surface area (Å²) in [5.74, 6) is 0. The van der Waals surface area contributed by atoms with Gasteiger partial charge in [-0.15, -0.1) is 0 Å². The molecule has 106 valence electrons. The monoisotopic (exact) mass is 297 g/mol. The van der Waals surface area contributed by atoms with Crippen LogP contribution in [-0.4, -0.2) is 16.8 Å². The van der Waals surface area contributed by atoms with E-state index >= 15 is 0 Å². The molecule has 0 bridgehead atoms. The van der Waals surface area contributed by atoms with Crippen LogP contribution in [0.5, 0.6) is 0 Å². The van der Waals surface area contributed by atoms with Gasteiger partial charge in [-0.25, -0.2) is 4.68 Å². The van der Waals surface area contributed by atoms with Gasteiger partial charge >= 0.3 is 0 Å². The fraction of sp³-hybridized carbons (Fsp3) is 0.118. The van der Waals surface area contributed by atoms with Crippen LogP contribution in [0.4, 0.5) is 0 Å². The van der Waals surface area contributed by atoms with Crippen molar-refractivity contribution in [1.82, 2.24) is 15.1 Å². The van der Waals surface area contributed by atoms with Gasteiger partial charge in [0.05, 0.1) is 11.9 Å². The first-order valence-corrected chi connectivity index (χ1v) is 7.19. The lowest BCUT2D eigenvalue weighted by molar-refractivity contribution is 0.819. The molecular formula is C17H16ClN3. The zero-order valence-electron chi connectivity index (χ0n) is 11.8. The first kappa shape index (κ1) is 13.9. The van der Waals surface area contributed by atoms with Crippen LogP contribution in [0.1, 0.15) is 5.56 Å². The SMILES string of the molecule is CNCc1cc(Cl)ccc1-c1cnn(-c2ccccc2)c1. The third kappa shape index (κ3) is 2.99. The zero-order chi connectivity index (χ0) is 14.7. The molecule has 0 aliphatic heterocycles. The molecule has 0 aliphatic rings. The van der Waals surface area contributed by atoms with Crippen molar-refractivity contribution in [3.8, 4) is 16.8 Å². The molecule has 0 aliphatic carbocycles. The van der Waals surface area contributed by atoms with Gasteiger partial charge in [0.15, 0.2) is 0 Å². The minimum atomic E-state index is 0.749. The molecule has 3 nitrogen and oxygen atoms in total. The summed E-state index contributed by atoms with van der Waals surface area (Å²) in [5.41, 5.74) is 4.45. The summed E-state index contributed by atoms with van der Waals surface area (Å²) < 4.78 is 1.88. The molecule has 1 heterocycles. The van der Waals surface area contributed by atoms with Gasteiger partial charge in [-0.2, -0.15) is 5.10 Å². The van der Waals surface area contributed by atoms with Gasteiger partial charge in [0.2, 0.25) is 0 Å². The second-order valence-electron chi connectivity index (χ2n) is 4.84. The minimum Gasteiger partial charge on any atom is -0.316 e. The summed E-state index contributed by atoms with van der Waals surface area (Å²) in [4.78, 5) is 0. The molecule has 0 radical (unpaired) electrons. The van der Waals surface area contributed by atoms with Gasteiger partial charge < -0.3 is 5.32 Å². The van der Waals surface area contributed by atoms with Crippen molar-refractivity contribution >= 4 is 11.6 Å². The number of aromatic nitrogens is 2. The molecule has 3 aromatic rings. The van der Waals surface area contributed by atoms with Crippen LogP contribution in [0.2, 0.25) is 5.02 Å². The Bertz CT molecular complexity index is 735. The molecule has 4 heteroatoms. The Hall–Kier alpha value is -2.10. The lowest BCUT2D eigenvalue weighted by Gasteiger charge is -2.08. The van der Waals surface area contributed by atoms with Gasteiger partial charge in [-0.1, -0.05) is 35.9 Å². The van der Waals surface area contributed by atoms with Crippen molar-refractivity contribution in [1.29, 1.82) is 0 Å². The molecule has 0 atom stereocenters. The molecular weight excluding hydrogens is 282 g/mol. The predicted octanol–water partition coefficient (Wildman–Crippen LogP) is 3.91. The number of hydrogen-bond acceptors (Lipinski definition) is 2. The third-order valence-corrected chi connectivity index (χ3v) is 3.58. The van der Waals surface area contributed by atoms with E-state index in [1.54, 1.807) is 0 Å². The fourth-order valence-electron chi connectivity index (χ4n) is 2.36. The number of benzene rings is 2. The molecule has 0 fully saturated rings. The Balaban J connectivity index is 2.00. The summed E-state index contributed by atoms with van der Waals surface area (Å²) in [6.45, 7) is 0.770. The second kappa shape index (κ2) is 6.12. The van der Waals surface area contributed by atoms with E-state index in [0.29, 0.717) is 0 Å². The molecule has 21 heavy (non-hydrogen) atoms. The van der Waals surface area contributed by atoms with E-state index in [1.807, 2.05) is 72.7 Å². The van der Waals surface area contributed by atoms with Crippen molar-refractivity contribution in [2.45, 2.75) is 6.54 Å². The van der Waals surface area contributed by atoms with E-state index in [-0.39, 0.29) is 0 Å². The first-order chi connectivity index (χ1) is 10.3. The standard InChI is InChI=1S/C17H16ClN3/c1-19-10-13-9-15(18)7-8-17(13)14-11-20-21(12-14)16-5-3-2-4-6-16/h2-9,11-12,19H,10H2,1H3. The predicted molar refractivity (Wildman–Crippen MR) is 86.8 cm³/mol. The highest BCUT2D eigenvalue weighted by molar-refractivity contribution is 6.30. The largest absolute Gasteiger partial charge is 0.316 e. The van der Waals surface area contributed by atoms with Crippen LogP contribution < -0.4 is 5.32 Å². The van der Waals surface area contributed by atoms with Gasteiger partial charge in [-0.05, 0) is 42.4 Å². The maximum absolute atomic E-state index is 6.09. The lowest BCUT2D eigenvalue weighted by atomic mass is 10.0. The molecule has 0 saturated carbocycles. The Morgan fingerprint density at radius 3 is 2.71 bits per heavy atom. The van der Waals surface area contributed by atoms with Crippen LogP contribution >= 0.6 is 11.6 Å².